The lowest BCUT2D eigenvalue weighted by Gasteiger charge is -2.26. The molecule has 2 atom stereocenters. The van der Waals surface area contributed by atoms with Crippen LogP contribution in [0.15, 0.2) is 24.3 Å². The van der Waals surface area contributed by atoms with Gasteiger partial charge in [-0.25, -0.2) is 0 Å². The highest BCUT2D eigenvalue weighted by Gasteiger charge is 2.24. The average Bonchev–Trinajstić information content (AvgIpc) is 2.82. The van der Waals surface area contributed by atoms with Crippen molar-refractivity contribution in [3.8, 4) is 11.8 Å². The molecule has 0 saturated carbocycles. The number of carbonyl (C=O) groups excluding carboxylic acids is 2. The molecular weight excluding hydrogens is 438 g/mol. The monoisotopic (exact) mass is 475 g/mol. The molecule has 2 amide bonds. The van der Waals surface area contributed by atoms with Crippen molar-refractivity contribution < 1.29 is 14.3 Å². The number of likely N-dealkylation sites (tertiary alicyclic amines) is 1. The fraction of sp³-hybridized carbons (Fsp3) is 0.625. The predicted octanol–water partition coefficient (Wildman–Crippen LogP) is 2.48. The number of rotatable bonds is 14. The van der Waals surface area contributed by atoms with Crippen molar-refractivity contribution in [1.82, 2.24) is 15.5 Å². The van der Waals surface area contributed by atoms with Crippen LogP contribution in [-0.2, 0) is 9.59 Å². The zero-order valence-electron chi connectivity index (χ0n) is 19.8. The van der Waals surface area contributed by atoms with Crippen molar-refractivity contribution >= 4 is 29.3 Å². The Morgan fingerprint density at radius 2 is 1.88 bits per heavy atom. The van der Waals surface area contributed by atoms with E-state index in [1.165, 1.54) is 31.0 Å². The van der Waals surface area contributed by atoms with E-state index in [0.717, 1.165) is 31.1 Å². The summed E-state index contributed by atoms with van der Waals surface area (Å²) in [5, 5.41) is 17.7. The van der Waals surface area contributed by atoms with Crippen LogP contribution in [-0.4, -0.2) is 73.6 Å². The molecule has 33 heavy (non-hydrogen) atoms. The maximum Gasteiger partial charge on any atom is 0.238 e. The standard InChI is InChI=1S/C24H37N5O3S/c1-3-26-23(30)19(16-25)18-33-22(24(31)27-4-2)17-28-20-9-8-10-21(15-20)32-14-13-29-11-6-5-7-12-29/h8-10,15,19,22,28H,3-7,11-14,17-18H2,1-2H3,(H,26,30)(H,27,31)/t19-,22?/m0/s1. The molecule has 1 aromatic carbocycles. The second-order valence-electron chi connectivity index (χ2n) is 7.95. The topological polar surface area (TPSA) is 106 Å². The van der Waals surface area contributed by atoms with E-state index in [1.54, 1.807) is 0 Å². The Morgan fingerprint density at radius 3 is 2.58 bits per heavy atom. The molecule has 182 valence electrons. The fourth-order valence-corrected chi connectivity index (χ4v) is 4.67. The molecule has 0 bridgehead atoms. The molecule has 1 unspecified atom stereocenters. The average molecular weight is 476 g/mol. The molecular formula is C24H37N5O3S. The van der Waals surface area contributed by atoms with Crippen molar-refractivity contribution in [3.05, 3.63) is 24.3 Å². The number of hydrogen-bond acceptors (Lipinski definition) is 7. The van der Waals surface area contributed by atoms with Gasteiger partial charge in [0.25, 0.3) is 0 Å². The van der Waals surface area contributed by atoms with E-state index in [0.29, 0.717) is 26.2 Å². The van der Waals surface area contributed by atoms with E-state index < -0.39 is 11.2 Å². The highest BCUT2D eigenvalue weighted by atomic mass is 32.2. The molecule has 1 aliphatic heterocycles. The fourth-order valence-electron chi connectivity index (χ4n) is 3.58. The Bertz CT molecular complexity index is 780. The van der Waals surface area contributed by atoms with E-state index in [-0.39, 0.29) is 17.6 Å². The van der Waals surface area contributed by atoms with Crippen LogP contribution < -0.4 is 20.7 Å². The minimum Gasteiger partial charge on any atom is -0.492 e. The quantitative estimate of drug-likeness (QED) is 0.379. The molecule has 0 spiro atoms. The minimum atomic E-state index is -0.788. The van der Waals surface area contributed by atoms with Gasteiger partial charge in [0, 0.05) is 43.7 Å². The summed E-state index contributed by atoms with van der Waals surface area (Å²) >= 11 is 1.31. The number of amides is 2. The normalized spacial score (nSPS) is 15.7. The van der Waals surface area contributed by atoms with Gasteiger partial charge in [0.15, 0.2) is 0 Å². The van der Waals surface area contributed by atoms with Gasteiger partial charge in [-0.1, -0.05) is 12.5 Å². The lowest BCUT2D eigenvalue weighted by atomic mass is 10.1. The van der Waals surface area contributed by atoms with E-state index in [4.69, 9.17) is 4.74 Å². The summed E-state index contributed by atoms with van der Waals surface area (Å²) in [7, 11) is 0. The highest BCUT2D eigenvalue weighted by molar-refractivity contribution is 8.00. The first-order chi connectivity index (χ1) is 16.1. The minimum absolute atomic E-state index is 0.114. The zero-order chi connectivity index (χ0) is 23.9. The molecule has 1 heterocycles. The van der Waals surface area contributed by atoms with Gasteiger partial charge in [0.05, 0.1) is 6.07 Å². The number of nitrogens with zero attached hydrogens (tertiary/aromatic N) is 2. The highest BCUT2D eigenvalue weighted by Crippen LogP contribution is 2.20. The largest absolute Gasteiger partial charge is 0.492 e. The molecule has 8 nitrogen and oxygen atoms in total. The molecule has 9 heteroatoms. The van der Waals surface area contributed by atoms with Gasteiger partial charge in [0.1, 0.15) is 23.5 Å². The SMILES string of the molecule is CCNC(=O)C(CNc1cccc(OCCN2CCCCC2)c1)SC[C@H](C#N)C(=O)NCC. The number of nitrogens with one attached hydrogen (secondary N) is 3. The Kier molecular flexibility index (Phi) is 12.5. The van der Waals surface area contributed by atoms with Crippen LogP contribution in [0.2, 0.25) is 0 Å². The van der Waals surface area contributed by atoms with Crippen LogP contribution >= 0.6 is 11.8 Å². The molecule has 1 fully saturated rings. The third-order valence-electron chi connectivity index (χ3n) is 5.38. The summed E-state index contributed by atoms with van der Waals surface area (Å²) < 4.78 is 5.94. The summed E-state index contributed by atoms with van der Waals surface area (Å²) in [6, 6.07) is 9.76. The number of thioether (sulfide) groups is 1. The number of carbonyl (C=O) groups is 2. The number of hydrogen-bond donors (Lipinski definition) is 3. The maximum absolute atomic E-state index is 12.5. The van der Waals surface area contributed by atoms with E-state index in [9.17, 15) is 14.9 Å². The van der Waals surface area contributed by atoms with Crippen LogP contribution in [0.4, 0.5) is 5.69 Å². The molecule has 3 N–H and O–H groups in total. The molecule has 0 aromatic heterocycles. The van der Waals surface area contributed by atoms with Gasteiger partial charge in [-0.3, -0.25) is 14.5 Å². The van der Waals surface area contributed by atoms with Crippen molar-refractivity contribution in [2.45, 2.75) is 38.4 Å². The summed E-state index contributed by atoms with van der Waals surface area (Å²) in [6.45, 7) is 8.93. The Labute approximate surface area is 201 Å². The van der Waals surface area contributed by atoms with Crippen LogP contribution in [0.25, 0.3) is 0 Å². The van der Waals surface area contributed by atoms with Gasteiger partial charge in [-0.2, -0.15) is 5.26 Å². The van der Waals surface area contributed by atoms with Gasteiger partial charge in [0.2, 0.25) is 11.8 Å². The Hall–Kier alpha value is -2.44. The van der Waals surface area contributed by atoms with E-state index in [1.807, 2.05) is 44.2 Å². The number of nitriles is 1. The molecule has 1 saturated heterocycles. The Morgan fingerprint density at radius 1 is 1.15 bits per heavy atom. The van der Waals surface area contributed by atoms with Crippen LogP contribution in [0, 0.1) is 17.2 Å². The number of ether oxygens (including phenoxy) is 1. The maximum atomic E-state index is 12.5. The zero-order valence-corrected chi connectivity index (χ0v) is 20.6. The van der Waals surface area contributed by atoms with Gasteiger partial charge in [-0.05, 0) is 51.9 Å². The van der Waals surface area contributed by atoms with E-state index >= 15 is 0 Å². The first-order valence-corrected chi connectivity index (χ1v) is 12.9. The summed E-state index contributed by atoms with van der Waals surface area (Å²) in [6.07, 6.45) is 3.86. The third kappa shape index (κ3) is 9.93. The first-order valence-electron chi connectivity index (χ1n) is 11.8. The van der Waals surface area contributed by atoms with Crippen LogP contribution in [0.5, 0.6) is 5.75 Å². The Balaban J connectivity index is 1.87. The summed E-state index contributed by atoms with van der Waals surface area (Å²) in [5.74, 6) is -0.157. The van der Waals surface area contributed by atoms with Crippen molar-refractivity contribution in [2.75, 3.05) is 56.9 Å². The predicted molar refractivity (Wildman–Crippen MR) is 133 cm³/mol. The van der Waals surface area contributed by atoms with Gasteiger partial charge >= 0.3 is 0 Å². The summed E-state index contributed by atoms with van der Waals surface area (Å²) in [5.41, 5.74) is 0.862. The smallest absolute Gasteiger partial charge is 0.238 e. The van der Waals surface area contributed by atoms with Crippen molar-refractivity contribution in [2.24, 2.45) is 5.92 Å². The van der Waals surface area contributed by atoms with Gasteiger partial charge in [-0.15, -0.1) is 11.8 Å². The van der Waals surface area contributed by atoms with Crippen molar-refractivity contribution in [1.29, 1.82) is 5.26 Å². The van der Waals surface area contributed by atoms with Crippen LogP contribution in [0.1, 0.15) is 33.1 Å². The molecule has 0 radical (unpaired) electrons. The molecule has 1 aliphatic rings. The van der Waals surface area contributed by atoms with Gasteiger partial charge < -0.3 is 20.7 Å². The first kappa shape index (κ1) is 26.8. The number of benzene rings is 1. The van der Waals surface area contributed by atoms with Crippen molar-refractivity contribution in [3.63, 3.8) is 0 Å². The molecule has 2 rings (SSSR count). The van der Waals surface area contributed by atoms with Crippen LogP contribution in [0.3, 0.4) is 0 Å². The second-order valence-corrected chi connectivity index (χ2v) is 9.19. The van der Waals surface area contributed by atoms with E-state index in [2.05, 4.69) is 20.9 Å². The third-order valence-corrected chi connectivity index (χ3v) is 6.69. The summed E-state index contributed by atoms with van der Waals surface area (Å²) in [4.78, 5) is 27.0. The number of piperidine rings is 1. The lowest BCUT2D eigenvalue weighted by Crippen LogP contribution is -2.38. The molecule has 0 aliphatic carbocycles. The molecule has 1 aromatic rings. The second kappa shape index (κ2) is 15.4. The lowest BCUT2D eigenvalue weighted by molar-refractivity contribution is -0.123. The number of anilines is 1.